The Morgan fingerprint density at radius 2 is 1.86 bits per heavy atom. The molecule has 1 fully saturated rings. The van der Waals surface area contributed by atoms with Crippen molar-refractivity contribution in [2.24, 2.45) is 0 Å². The molecule has 1 aliphatic carbocycles. The Balaban J connectivity index is 1.84. The number of hydrogen-bond acceptors (Lipinski definition) is 6. The molecule has 1 saturated carbocycles. The van der Waals surface area contributed by atoms with Crippen LogP contribution in [-0.2, 0) is 9.53 Å². The summed E-state index contributed by atoms with van der Waals surface area (Å²) in [7, 11) is 1.67. The van der Waals surface area contributed by atoms with Gasteiger partial charge in [0, 0.05) is 12.4 Å². The van der Waals surface area contributed by atoms with E-state index in [1.54, 1.807) is 32.2 Å². The van der Waals surface area contributed by atoms with Crippen LogP contribution in [0.1, 0.15) is 45.4 Å². The number of fused-ring (bicyclic) bond motifs is 1. The van der Waals surface area contributed by atoms with E-state index in [1.165, 1.54) is 0 Å². The number of para-hydroxylation sites is 1. The van der Waals surface area contributed by atoms with Crippen molar-refractivity contribution in [2.45, 2.75) is 51.0 Å². The van der Waals surface area contributed by atoms with Crippen molar-refractivity contribution < 1.29 is 18.7 Å². The summed E-state index contributed by atoms with van der Waals surface area (Å²) >= 11 is 0. The first-order chi connectivity index (χ1) is 14.0. The van der Waals surface area contributed by atoms with E-state index < -0.39 is 17.2 Å². The predicted octanol–water partition coefficient (Wildman–Crippen LogP) is 3.61. The molecule has 0 aliphatic heterocycles. The number of urea groups is 1. The smallest absolute Gasteiger partial charge is 0.362 e. The summed E-state index contributed by atoms with van der Waals surface area (Å²) in [6.07, 6.45) is 4.37. The first kappa shape index (κ1) is 20.7. The van der Waals surface area contributed by atoms with Crippen LogP contribution >= 0.6 is 0 Å². The topological polar surface area (TPSA) is 110 Å². The van der Waals surface area contributed by atoms with Crippen molar-refractivity contribution >= 4 is 34.3 Å². The molecule has 8 heteroatoms. The Morgan fingerprint density at radius 1 is 1.14 bits per heavy atom. The molecule has 3 N–H and O–H groups in total. The molecule has 0 spiro atoms. The van der Waals surface area contributed by atoms with E-state index in [0.29, 0.717) is 36.1 Å². The zero-order valence-electron chi connectivity index (χ0n) is 16.8. The lowest BCUT2D eigenvalue weighted by Crippen LogP contribution is -2.53. The molecule has 2 amide bonds. The molecule has 3 rings (SSSR count). The lowest BCUT2D eigenvalue weighted by Gasteiger charge is -2.37. The van der Waals surface area contributed by atoms with Gasteiger partial charge in [0.1, 0.15) is 5.58 Å². The van der Waals surface area contributed by atoms with Gasteiger partial charge in [0.2, 0.25) is 0 Å². The van der Waals surface area contributed by atoms with Crippen LogP contribution in [0.5, 0.6) is 0 Å². The minimum atomic E-state index is -0.675. The molecule has 1 heterocycles. The number of nitrogens with one attached hydrogen (secondary N) is 3. The SMILES string of the molecule is CCOC(=O)CC1(NC(=O)Nc2c(NC)c3ccccc3oc2=O)CCCCC1. The van der Waals surface area contributed by atoms with Gasteiger partial charge in [-0.1, -0.05) is 31.4 Å². The molecule has 8 nitrogen and oxygen atoms in total. The Hall–Kier alpha value is -3.03. The summed E-state index contributed by atoms with van der Waals surface area (Å²) in [6.45, 7) is 2.05. The van der Waals surface area contributed by atoms with Gasteiger partial charge in [-0.05, 0) is 31.9 Å². The molecule has 2 aromatic rings. The van der Waals surface area contributed by atoms with Crippen LogP contribution in [0.3, 0.4) is 0 Å². The van der Waals surface area contributed by atoms with Crippen molar-refractivity contribution in [3.63, 3.8) is 0 Å². The summed E-state index contributed by atoms with van der Waals surface area (Å²) in [5.41, 5.74) is -0.378. The van der Waals surface area contributed by atoms with E-state index in [2.05, 4.69) is 16.0 Å². The number of ether oxygens (including phenoxy) is 1. The van der Waals surface area contributed by atoms with E-state index in [1.807, 2.05) is 6.07 Å². The molecule has 0 bridgehead atoms. The van der Waals surface area contributed by atoms with Gasteiger partial charge < -0.3 is 19.8 Å². The number of benzene rings is 1. The third-order valence-corrected chi connectivity index (χ3v) is 5.28. The van der Waals surface area contributed by atoms with Crippen molar-refractivity contribution in [2.75, 3.05) is 24.3 Å². The average Bonchev–Trinajstić information content (AvgIpc) is 2.69. The van der Waals surface area contributed by atoms with Gasteiger partial charge in [0.05, 0.1) is 24.3 Å². The maximum absolute atomic E-state index is 12.8. The zero-order chi connectivity index (χ0) is 20.9. The third-order valence-electron chi connectivity index (χ3n) is 5.28. The Bertz CT molecular complexity index is 947. The highest BCUT2D eigenvalue weighted by Crippen LogP contribution is 2.32. The zero-order valence-corrected chi connectivity index (χ0v) is 16.8. The third kappa shape index (κ3) is 4.70. The number of rotatable bonds is 6. The van der Waals surface area contributed by atoms with Gasteiger partial charge in [-0.3, -0.25) is 10.1 Å². The number of carbonyl (C=O) groups excluding carboxylic acids is 2. The highest BCUT2D eigenvalue weighted by molar-refractivity contribution is 6.01. The molecule has 1 aromatic heterocycles. The second-order valence-corrected chi connectivity index (χ2v) is 7.29. The monoisotopic (exact) mass is 401 g/mol. The number of carbonyl (C=O) groups is 2. The minimum absolute atomic E-state index is 0.0331. The molecule has 0 saturated heterocycles. The summed E-state index contributed by atoms with van der Waals surface area (Å²) in [4.78, 5) is 37.3. The van der Waals surface area contributed by atoms with Crippen LogP contribution in [0.4, 0.5) is 16.2 Å². The lowest BCUT2D eigenvalue weighted by atomic mass is 9.79. The Morgan fingerprint density at radius 3 is 2.55 bits per heavy atom. The number of amides is 2. The summed E-state index contributed by atoms with van der Waals surface area (Å²) in [5, 5.41) is 9.22. The van der Waals surface area contributed by atoms with Crippen LogP contribution in [0, 0.1) is 0 Å². The summed E-state index contributed by atoms with van der Waals surface area (Å²) in [6, 6.07) is 6.54. The second-order valence-electron chi connectivity index (χ2n) is 7.29. The summed E-state index contributed by atoms with van der Waals surface area (Å²) < 4.78 is 10.4. The quantitative estimate of drug-likeness (QED) is 0.504. The Labute approximate surface area is 169 Å². The van der Waals surface area contributed by atoms with E-state index >= 15 is 0 Å². The van der Waals surface area contributed by atoms with Crippen molar-refractivity contribution in [1.29, 1.82) is 0 Å². The first-order valence-corrected chi connectivity index (χ1v) is 9.96. The van der Waals surface area contributed by atoms with Crippen LogP contribution in [0.15, 0.2) is 33.5 Å². The molecule has 0 unspecified atom stereocenters. The molecule has 156 valence electrons. The number of esters is 1. The minimum Gasteiger partial charge on any atom is -0.466 e. The maximum atomic E-state index is 12.8. The van der Waals surface area contributed by atoms with Crippen molar-refractivity contribution in [1.82, 2.24) is 5.32 Å². The van der Waals surface area contributed by atoms with E-state index in [4.69, 9.17) is 9.15 Å². The van der Waals surface area contributed by atoms with Crippen LogP contribution in [-0.4, -0.2) is 31.2 Å². The van der Waals surface area contributed by atoms with Gasteiger partial charge in [-0.2, -0.15) is 0 Å². The highest BCUT2D eigenvalue weighted by atomic mass is 16.5. The van der Waals surface area contributed by atoms with Crippen molar-refractivity contribution in [3.8, 4) is 0 Å². The fourth-order valence-corrected chi connectivity index (χ4v) is 3.97. The first-order valence-electron chi connectivity index (χ1n) is 9.96. The second kappa shape index (κ2) is 8.98. The van der Waals surface area contributed by atoms with Gasteiger partial charge >= 0.3 is 17.6 Å². The number of anilines is 2. The molecule has 0 radical (unpaired) electrons. The summed E-state index contributed by atoms with van der Waals surface area (Å²) in [5.74, 6) is -0.337. The normalized spacial score (nSPS) is 15.5. The molecule has 1 aromatic carbocycles. The van der Waals surface area contributed by atoms with Crippen LogP contribution < -0.4 is 21.6 Å². The highest BCUT2D eigenvalue weighted by Gasteiger charge is 2.36. The van der Waals surface area contributed by atoms with E-state index in [-0.39, 0.29) is 18.1 Å². The van der Waals surface area contributed by atoms with Crippen molar-refractivity contribution in [3.05, 3.63) is 34.7 Å². The molecular weight excluding hydrogens is 374 g/mol. The Kier molecular flexibility index (Phi) is 6.41. The van der Waals surface area contributed by atoms with Crippen LogP contribution in [0.2, 0.25) is 0 Å². The number of hydrogen-bond donors (Lipinski definition) is 3. The average molecular weight is 401 g/mol. The predicted molar refractivity (Wildman–Crippen MR) is 111 cm³/mol. The fourth-order valence-electron chi connectivity index (χ4n) is 3.97. The molecule has 1 aliphatic rings. The van der Waals surface area contributed by atoms with Gasteiger partial charge in [-0.15, -0.1) is 0 Å². The van der Waals surface area contributed by atoms with E-state index in [0.717, 1.165) is 19.3 Å². The van der Waals surface area contributed by atoms with Crippen LogP contribution in [0.25, 0.3) is 11.0 Å². The molecule has 0 atom stereocenters. The van der Waals surface area contributed by atoms with Gasteiger partial charge in [0.15, 0.2) is 5.69 Å². The molecule has 29 heavy (non-hydrogen) atoms. The van der Waals surface area contributed by atoms with Gasteiger partial charge in [0.25, 0.3) is 0 Å². The van der Waals surface area contributed by atoms with E-state index in [9.17, 15) is 14.4 Å². The van der Waals surface area contributed by atoms with Gasteiger partial charge in [-0.25, -0.2) is 9.59 Å². The maximum Gasteiger partial charge on any atom is 0.362 e. The largest absolute Gasteiger partial charge is 0.466 e. The lowest BCUT2D eigenvalue weighted by molar-refractivity contribution is -0.145. The standard InChI is InChI=1S/C21H27N3O5/c1-3-28-16(25)13-21(11-7-4-8-12-21)24-20(27)23-18-17(22-2)14-9-5-6-10-15(14)29-19(18)26/h5-6,9-10,22H,3-4,7-8,11-13H2,1-2H3,(H2,23,24,27). The fraction of sp³-hybridized carbons (Fsp3) is 0.476. The molecular formula is C21H27N3O5.